The lowest BCUT2D eigenvalue weighted by Crippen LogP contribution is -2.34. The van der Waals surface area contributed by atoms with Crippen LogP contribution in [0.4, 0.5) is 4.39 Å². The Labute approximate surface area is 123 Å². The van der Waals surface area contributed by atoms with E-state index >= 15 is 0 Å². The Morgan fingerprint density at radius 2 is 1.81 bits per heavy atom. The fourth-order valence-electron chi connectivity index (χ4n) is 2.52. The molecule has 0 aromatic heterocycles. The predicted octanol–water partition coefficient (Wildman–Crippen LogP) is 2.53. The summed E-state index contributed by atoms with van der Waals surface area (Å²) in [4.78, 5) is 10.7. The molecule has 0 radical (unpaired) electrons. The number of hydrogen-bond acceptors (Lipinski definition) is 3. The number of halogens is 1. The van der Waals surface area contributed by atoms with Gasteiger partial charge < -0.3 is 5.11 Å². The van der Waals surface area contributed by atoms with E-state index in [9.17, 15) is 17.6 Å². The summed E-state index contributed by atoms with van der Waals surface area (Å²) < 4.78 is 40.5. The van der Waals surface area contributed by atoms with Crippen LogP contribution in [-0.2, 0) is 10.0 Å². The highest BCUT2D eigenvalue weighted by molar-refractivity contribution is 7.89. The molecule has 21 heavy (non-hydrogen) atoms. The van der Waals surface area contributed by atoms with Crippen molar-refractivity contribution in [3.63, 3.8) is 0 Å². The molecule has 0 spiro atoms. The molecule has 7 heteroatoms. The fraction of sp³-hybridized carbons (Fsp3) is 0.500. The maximum Gasteiger partial charge on any atom is 0.338 e. The van der Waals surface area contributed by atoms with Crippen LogP contribution in [0.5, 0.6) is 0 Å². The Morgan fingerprint density at radius 1 is 1.19 bits per heavy atom. The number of carboxylic acid groups (broad SMARTS) is 1. The maximum absolute atomic E-state index is 13.3. The Balaban J connectivity index is 2.22. The molecule has 0 unspecified atom stereocenters. The van der Waals surface area contributed by atoms with Gasteiger partial charge in [0, 0.05) is 6.04 Å². The van der Waals surface area contributed by atoms with E-state index in [4.69, 9.17) is 5.11 Å². The van der Waals surface area contributed by atoms with Crippen molar-refractivity contribution in [2.24, 2.45) is 0 Å². The van der Waals surface area contributed by atoms with E-state index in [2.05, 4.69) is 4.72 Å². The van der Waals surface area contributed by atoms with E-state index in [1.54, 1.807) is 0 Å². The normalized spacial score (nSPS) is 17.4. The first-order chi connectivity index (χ1) is 9.90. The van der Waals surface area contributed by atoms with Gasteiger partial charge >= 0.3 is 5.97 Å². The third-order valence-corrected chi connectivity index (χ3v) is 5.17. The molecule has 0 bridgehead atoms. The SMILES string of the molecule is O=C(O)c1cc(S(=O)(=O)NC2CCCCCC2)ccc1F. The van der Waals surface area contributed by atoms with Crippen LogP contribution in [0.3, 0.4) is 0 Å². The van der Waals surface area contributed by atoms with Gasteiger partial charge in [-0.15, -0.1) is 0 Å². The first kappa shape index (κ1) is 15.9. The smallest absolute Gasteiger partial charge is 0.338 e. The summed E-state index contributed by atoms with van der Waals surface area (Å²) in [5.74, 6) is -2.44. The van der Waals surface area contributed by atoms with Gasteiger partial charge in [-0.1, -0.05) is 25.7 Å². The van der Waals surface area contributed by atoms with Crippen molar-refractivity contribution in [2.45, 2.75) is 49.5 Å². The average molecular weight is 315 g/mol. The van der Waals surface area contributed by atoms with Gasteiger partial charge in [-0.2, -0.15) is 0 Å². The van der Waals surface area contributed by atoms with Crippen molar-refractivity contribution in [3.8, 4) is 0 Å². The average Bonchev–Trinajstić information content (AvgIpc) is 2.66. The van der Waals surface area contributed by atoms with E-state index in [1.165, 1.54) is 0 Å². The molecule has 1 aliphatic carbocycles. The highest BCUT2D eigenvalue weighted by Gasteiger charge is 2.23. The van der Waals surface area contributed by atoms with Gasteiger partial charge in [-0.05, 0) is 31.0 Å². The lowest BCUT2D eigenvalue weighted by molar-refractivity contribution is 0.0691. The summed E-state index contributed by atoms with van der Waals surface area (Å²) in [5, 5.41) is 8.86. The van der Waals surface area contributed by atoms with E-state index in [1.807, 2.05) is 0 Å². The Kier molecular flexibility index (Phi) is 4.95. The van der Waals surface area contributed by atoms with Gasteiger partial charge in [-0.3, -0.25) is 0 Å². The first-order valence-electron chi connectivity index (χ1n) is 6.95. The number of carbonyl (C=O) groups is 1. The zero-order valence-electron chi connectivity index (χ0n) is 11.5. The zero-order valence-corrected chi connectivity index (χ0v) is 12.3. The molecule has 5 nitrogen and oxygen atoms in total. The van der Waals surface area contributed by atoms with Crippen LogP contribution in [-0.4, -0.2) is 25.5 Å². The van der Waals surface area contributed by atoms with Crippen molar-refractivity contribution in [3.05, 3.63) is 29.6 Å². The summed E-state index contributed by atoms with van der Waals surface area (Å²) >= 11 is 0. The molecule has 0 atom stereocenters. The van der Waals surface area contributed by atoms with Crippen LogP contribution < -0.4 is 4.72 Å². The predicted molar refractivity (Wildman–Crippen MR) is 75.2 cm³/mol. The Morgan fingerprint density at radius 3 is 2.38 bits per heavy atom. The molecule has 0 amide bonds. The molecule has 1 aromatic rings. The minimum absolute atomic E-state index is 0.143. The monoisotopic (exact) mass is 315 g/mol. The molecular weight excluding hydrogens is 297 g/mol. The topological polar surface area (TPSA) is 83.5 Å². The summed E-state index contributed by atoms with van der Waals surface area (Å²) in [7, 11) is -3.83. The van der Waals surface area contributed by atoms with Crippen LogP contribution in [0.2, 0.25) is 0 Å². The molecule has 2 rings (SSSR count). The molecule has 0 saturated heterocycles. The maximum atomic E-state index is 13.3. The van der Waals surface area contributed by atoms with Gasteiger partial charge in [0.15, 0.2) is 0 Å². The van der Waals surface area contributed by atoms with Crippen LogP contribution in [0.1, 0.15) is 48.9 Å². The molecule has 0 aliphatic heterocycles. The van der Waals surface area contributed by atoms with Crippen molar-refractivity contribution >= 4 is 16.0 Å². The molecule has 2 N–H and O–H groups in total. The van der Waals surface area contributed by atoms with Gasteiger partial charge in [0.25, 0.3) is 0 Å². The number of hydrogen-bond donors (Lipinski definition) is 2. The minimum Gasteiger partial charge on any atom is -0.478 e. The molecule has 0 heterocycles. The number of rotatable bonds is 4. The second kappa shape index (κ2) is 6.53. The third kappa shape index (κ3) is 4.01. The summed E-state index contributed by atoms with van der Waals surface area (Å²) in [6, 6.07) is 2.67. The second-order valence-electron chi connectivity index (χ2n) is 5.26. The quantitative estimate of drug-likeness (QED) is 0.836. The summed E-state index contributed by atoms with van der Waals surface area (Å²) in [6.07, 6.45) is 5.67. The van der Waals surface area contributed by atoms with Crippen LogP contribution >= 0.6 is 0 Å². The number of sulfonamides is 1. The molecule has 1 aliphatic rings. The first-order valence-corrected chi connectivity index (χ1v) is 8.43. The lowest BCUT2D eigenvalue weighted by atomic mass is 10.1. The molecule has 1 saturated carbocycles. The minimum atomic E-state index is -3.83. The van der Waals surface area contributed by atoms with E-state index in [0.717, 1.165) is 56.7 Å². The Bertz CT molecular complexity index is 622. The van der Waals surface area contributed by atoms with Gasteiger partial charge in [0.05, 0.1) is 10.5 Å². The molecule has 116 valence electrons. The molecule has 1 fully saturated rings. The molecule has 1 aromatic carbocycles. The van der Waals surface area contributed by atoms with Gasteiger partial charge in [-0.25, -0.2) is 22.3 Å². The Hall–Kier alpha value is -1.47. The van der Waals surface area contributed by atoms with Crippen molar-refractivity contribution in [1.82, 2.24) is 4.72 Å². The van der Waals surface area contributed by atoms with Crippen molar-refractivity contribution < 1.29 is 22.7 Å². The standard InChI is InChI=1S/C14H18FNO4S/c15-13-8-7-11(9-12(13)14(17)18)21(19,20)16-10-5-3-1-2-4-6-10/h7-10,16H,1-6H2,(H,17,18). The van der Waals surface area contributed by atoms with Crippen LogP contribution in [0.15, 0.2) is 23.1 Å². The van der Waals surface area contributed by atoms with E-state index in [0.29, 0.717) is 0 Å². The lowest BCUT2D eigenvalue weighted by Gasteiger charge is -2.16. The van der Waals surface area contributed by atoms with Crippen LogP contribution in [0.25, 0.3) is 0 Å². The number of carboxylic acids is 1. The van der Waals surface area contributed by atoms with Crippen LogP contribution in [0, 0.1) is 5.82 Å². The third-order valence-electron chi connectivity index (χ3n) is 3.66. The second-order valence-corrected chi connectivity index (χ2v) is 6.97. The highest BCUT2D eigenvalue weighted by atomic mass is 32.2. The van der Waals surface area contributed by atoms with Crippen molar-refractivity contribution in [1.29, 1.82) is 0 Å². The highest BCUT2D eigenvalue weighted by Crippen LogP contribution is 2.20. The number of benzene rings is 1. The van der Waals surface area contributed by atoms with E-state index in [-0.39, 0.29) is 10.9 Å². The summed E-state index contributed by atoms with van der Waals surface area (Å²) in [6.45, 7) is 0. The van der Waals surface area contributed by atoms with E-state index < -0.39 is 27.4 Å². The number of nitrogens with one attached hydrogen (secondary N) is 1. The van der Waals surface area contributed by atoms with Gasteiger partial charge in [0.2, 0.25) is 10.0 Å². The van der Waals surface area contributed by atoms with Gasteiger partial charge in [0.1, 0.15) is 5.82 Å². The van der Waals surface area contributed by atoms with Crippen molar-refractivity contribution in [2.75, 3.05) is 0 Å². The number of aromatic carboxylic acids is 1. The molecular formula is C14H18FNO4S. The zero-order chi connectivity index (χ0) is 15.5. The fourth-order valence-corrected chi connectivity index (χ4v) is 3.85. The summed E-state index contributed by atoms with van der Waals surface area (Å²) in [5.41, 5.74) is -0.640. The largest absolute Gasteiger partial charge is 0.478 e.